The van der Waals surface area contributed by atoms with E-state index >= 15 is 0 Å². The zero-order valence-electron chi connectivity index (χ0n) is 18.1. The van der Waals surface area contributed by atoms with Gasteiger partial charge in [0.25, 0.3) is 0 Å². The number of likely N-dealkylation sites (tertiary alicyclic amines) is 2. The molecular formula is C23H33ClN2O4. The van der Waals surface area contributed by atoms with E-state index in [0.29, 0.717) is 51.1 Å². The van der Waals surface area contributed by atoms with Crippen LogP contribution in [0.1, 0.15) is 56.1 Å². The highest BCUT2D eigenvalue weighted by atomic mass is 35.5. The molecule has 2 saturated heterocycles. The van der Waals surface area contributed by atoms with Crippen LogP contribution in [0.4, 0.5) is 0 Å². The third-order valence-electron chi connectivity index (χ3n) is 6.18. The topological polar surface area (TPSA) is 70.1 Å². The van der Waals surface area contributed by atoms with Crippen LogP contribution in [0.15, 0.2) is 12.1 Å². The minimum absolute atomic E-state index is 0.0284. The summed E-state index contributed by atoms with van der Waals surface area (Å²) < 4.78 is 5.90. The van der Waals surface area contributed by atoms with Gasteiger partial charge < -0.3 is 19.6 Å². The highest BCUT2D eigenvalue weighted by Crippen LogP contribution is 2.28. The SMILES string of the molecule is Cc1cc(OCC2(O)CCCN(C(=O)CN3CCCCCC3=O)CC2)cc(C)c1Cl. The lowest BCUT2D eigenvalue weighted by Gasteiger charge is -2.28. The highest BCUT2D eigenvalue weighted by Gasteiger charge is 2.33. The molecule has 2 fully saturated rings. The number of ether oxygens (including phenoxy) is 1. The largest absolute Gasteiger partial charge is 0.491 e. The van der Waals surface area contributed by atoms with E-state index in [0.717, 1.165) is 35.4 Å². The van der Waals surface area contributed by atoms with Gasteiger partial charge in [0.15, 0.2) is 0 Å². The van der Waals surface area contributed by atoms with Crippen LogP contribution >= 0.6 is 11.6 Å². The summed E-state index contributed by atoms with van der Waals surface area (Å²) >= 11 is 6.21. The summed E-state index contributed by atoms with van der Waals surface area (Å²) in [7, 11) is 0. The summed E-state index contributed by atoms with van der Waals surface area (Å²) in [6, 6.07) is 3.76. The summed E-state index contributed by atoms with van der Waals surface area (Å²) in [6.07, 6.45) is 5.18. The van der Waals surface area contributed by atoms with Gasteiger partial charge in [-0.25, -0.2) is 0 Å². The Morgan fingerprint density at radius 3 is 2.57 bits per heavy atom. The number of aryl methyl sites for hydroxylation is 2. The van der Waals surface area contributed by atoms with E-state index in [1.807, 2.05) is 26.0 Å². The van der Waals surface area contributed by atoms with Gasteiger partial charge in [0.1, 0.15) is 18.0 Å². The fourth-order valence-corrected chi connectivity index (χ4v) is 4.36. The lowest BCUT2D eigenvalue weighted by Crippen LogP contribution is -2.44. The molecule has 2 heterocycles. The first kappa shape index (κ1) is 22.9. The number of benzene rings is 1. The molecule has 0 saturated carbocycles. The van der Waals surface area contributed by atoms with Gasteiger partial charge >= 0.3 is 0 Å². The molecule has 6 nitrogen and oxygen atoms in total. The Kier molecular flexibility index (Phi) is 7.64. The van der Waals surface area contributed by atoms with Crippen molar-refractivity contribution < 1.29 is 19.4 Å². The Morgan fingerprint density at radius 2 is 1.83 bits per heavy atom. The van der Waals surface area contributed by atoms with Gasteiger partial charge in [0, 0.05) is 31.1 Å². The summed E-state index contributed by atoms with van der Waals surface area (Å²) in [4.78, 5) is 28.4. The molecule has 0 spiro atoms. The first-order valence-corrected chi connectivity index (χ1v) is 11.3. The second-order valence-corrected chi connectivity index (χ2v) is 9.12. The molecule has 2 aliphatic heterocycles. The number of amides is 2. The molecule has 1 unspecified atom stereocenters. The van der Waals surface area contributed by atoms with Crippen LogP contribution in [-0.4, -0.2) is 65.1 Å². The number of nitrogens with zero attached hydrogens (tertiary/aromatic N) is 2. The maximum Gasteiger partial charge on any atom is 0.242 e. The average molecular weight is 437 g/mol. The van der Waals surface area contributed by atoms with E-state index < -0.39 is 5.60 Å². The molecule has 2 amide bonds. The molecule has 3 rings (SSSR count). The van der Waals surface area contributed by atoms with Crippen molar-refractivity contribution in [1.82, 2.24) is 9.80 Å². The summed E-state index contributed by atoms with van der Waals surface area (Å²) in [5, 5.41) is 11.8. The number of carbonyl (C=O) groups is 2. The van der Waals surface area contributed by atoms with E-state index in [2.05, 4.69) is 0 Å². The normalized spacial score (nSPS) is 23.1. The number of rotatable bonds is 5. The van der Waals surface area contributed by atoms with Crippen molar-refractivity contribution >= 4 is 23.4 Å². The summed E-state index contributed by atoms with van der Waals surface area (Å²) in [5.74, 6) is 0.744. The maximum atomic E-state index is 12.8. The number of halogens is 1. The summed E-state index contributed by atoms with van der Waals surface area (Å²) in [6.45, 7) is 5.93. The number of hydrogen-bond acceptors (Lipinski definition) is 4. The third kappa shape index (κ3) is 5.88. The van der Waals surface area contributed by atoms with Crippen LogP contribution in [0.3, 0.4) is 0 Å². The van der Waals surface area contributed by atoms with Gasteiger partial charge in [-0.05, 0) is 69.2 Å². The first-order valence-electron chi connectivity index (χ1n) is 10.9. The van der Waals surface area contributed by atoms with Crippen molar-refractivity contribution in [3.63, 3.8) is 0 Å². The van der Waals surface area contributed by atoms with E-state index in [1.54, 1.807) is 9.80 Å². The van der Waals surface area contributed by atoms with Crippen LogP contribution in [0, 0.1) is 13.8 Å². The van der Waals surface area contributed by atoms with Crippen molar-refractivity contribution in [3.05, 3.63) is 28.3 Å². The predicted molar refractivity (Wildman–Crippen MR) is 117 cm³/mol. The third-order valence-corrected chi connectivity index (χ3v) is 6.78. The smallest absolute Gasteiger partial charge is 0.242 e. The van der Waals surface area contributed by atoms with Gasteiger partial charge in [-0.1, -0.05) is 18.0 Å². The van der Waals surface area contributed by atoms with Gasteiger partial charge in [0.2, 0.25) is 11.8 Å². The Balaban J connectivity index is 1.54. The molecule has 2 aliphatic rings. The van der Waals surface area contributed by atoms with E-state index in [1.165, 1.54) is 0 Å². The van der Waals surface area contributed by atoms with Crippen LogP contribution in [0.5, 0.6) is 5.75 Å². The van der Waals surface area contributed by atoms with Crippen molar-refractivity contribution in [2.75, 3.05) is 32.8 Å². The molecule has 7 heteroatoms. The van der Waals surface area contributed by atoms with Gasteiger partial charge in [-0.2, -0.15) is 0 Å². The standard InChI is InChI=1S/C23H33ClN2O4/c1-17-13-19(14-18(2)22(17)24)30-16-23(29)8-6-11-25(12-9-23)21(28)15-26-10-5-3-4-7-20(26)27/h13-14,29H,3-12,15-16H2,1-2H3. The zero-order chi connectivity index (χ0) is 21.7. The highest BCUT2D eigenvalue weighted by molar-refractivity contribution is 6.32. The van der Waals surface area contributed by atoms with Crippen LogP contribution in [0.25, 0.3) is 0 Å². The second-order valence-electron chi connectivity index (χ2n) is 8.74. The average Bonchev–Trinajstić information content (AvgIpc) is 3.03. The minimum atomic E-state index is -0.977. The number of carbonyl (C=O) groups excluding carboxylic acids is 2. The fourth-order valence-electron chi connectivity index (χ4n) is 4.25. The van der Waals surface area contributed by atoms with Crippen LogP contribution < -0.4 is 4.74 Å². The minimum Gasteiger partial charge on any atom is -0.491 e. The Bertz CT molecular complexity index is 761. The molecule has 0 bridgehead atoms. The Morgan fingerprint density at radius 1 is 1.10 bits per heavy atom. The Hall–Kier alpha value is -1.79. The maximum absolute atomic E-state index is 12.8. The lowest BCUT2D eigenvalue weighted by atomic mass is 9.96. The first-order chi connectivity index (χ1) is 14.3. The van der Waals surface area contributed by atoms with E-state index in [-0.39, 0.29) is 25.0 Å². The molecule has 166 valence electrons. The van der Waals surface area contributed by atoms with Crippen LogP contribution in [-0.2, 0) is 9.59 Å². The van der Waals surface area contributed by atoms with Crippen molar-refractivity contribution in [1.29, 1.82) is 0 Å². The second kappa shape index (κ2) is 10.0. The molecule has 1 aromatic rings. The molecular weight excluding hydrogens is 404 g/mol. The van der Waals surface area contributed by atoms with Crippen LogP contribution in [0.2, 0.25) is 5.02 Å². The van der Waals surface area contributed by atoms with E-state index in [4.69, 9.17) is 16.3 Å². The molecule has 1 N–H and O–H groups in total. The summed E-state index contributed by atoms with van der Waals surface area (Å²) in [5.41, 5.74) is 0.910. The van der Waals surface area contributed by atoms with Crippen molar-refractivity contribution in [2.45, 2.75) is 64.4 Å². The van der Waals surface area contributed by atoms with Crippen molar-refractivity contribution in [2.24, 2.45) is 0 Å². The molecule has 0 aromatic heterocycles. The molecule has 1 atom stereocenters. The van der Waals surface area contributed by atoms with Gasteiger partial charge in [-0.15, -0.1) is 0 Å². The molecule has 0 radical (unpaired) electrons. The molecule has 1 aromatic carbocycles. The predicted octanol–water partition coefficient (Wildman–Crippen LogP) is 3.48. The lowest BCUT2D eigenvalue weighted by molar-refractivity contribution is -0.140. The van der Waals surface area contributed by atoms with Crippen molar-refractivity contribution in [3.8, 4) is 5.75 Å². The van der Waals surface area contributed by atoms with Gasteiger partial charge in [-0.3, -0.25) is 9.59 Å². The zero-order valence-corrected chi connectivity index (χ0v) is 18.8. The Labute approximate surface area is 184 Å². The molecule has 30 heavy (non-hydrogen) atoms. The number of aliphatic hydroxyl groups is 1. The molecule has 0 aliphatic carbocycles. The fraction of sp³-hybridized carbons (Fsp3) is 0.652. The number of hydrogen-bond donors (Lipinski definition) is 1. The monoisotopic (exact) mass is 436 g/mol. The van der Waals surface area contributed by atoms with Gasteiger partial charge in [0.05, 0.1) is 6.54 Å². The van der Waals surface area contributed by atoms with E-state index in [9.17, 15) is 14.7 Å². The quantitative estimate of drug-likeness (QED) is 0.767.